The fourth-order valence-corrected chi connectivity index (χ4v) is 1.84. The number of carboxylic acids is 1. The van der Waals surface area contributed by atoms with E-state index in [2.05, 4.69) is 10.6 Å². The summed E-state index contributed by atoms with van der Waals surface area (Å²) >= 11 is 0. The van der Waals surface area contributed by atoms with Crippen molar-refractivity contribution in [1.29, 1.82) is 0 Å². The molecule has 0 aromatic carbocycles. The van der Waals surface area contributed by atoms with Crippen LogP contribution in [0.25, 0.3) is 0 Å². The third kappa shape index (κ3) is 3.72. The van der Waals surface area contributed by atoms with Gasteiger partial charge in [-0.25, -0.2) is 4.79 Å². The Balaban J connectivity index is 2.29. The summed E-state index contributed by atoms with van der Waals surface area (Å²) in [6.45, 7) is 3.29. The predicted molar refractivity (Wildman–Crippen MR) is 60.2 cm³/mol. The fraction of sp³-hybridized carbons (Fsp3) is 0.818. The minimum absolute atomic E-state index is 0.257. The van der Waals surface area contributed by atoms with Crippen molar-refractivity contribution >= 4 is 12.0 Å². The van der Waals surface area contributed by atoms with E-state index >= 15 is 0 Å². The summed E-state index contributed by atoms with van der Waals surface area (Å²) < 4.78 is 0. The summed E-state index contributed by atoms with van der Waals surface area (Å²) in [5.41, 5.74) is 0. The van der Waals surface area contributed by atoms with Crippen molar-refractivity contribution < 1.29 is 14.7 Å². The van der Waals surface area contributed by atoms with E-state index in [4.69, 9.17) is 5.11 Å². The van der Waals surface area contributed by atoms with E-state index in [0.29, 0.717) is 0 Å². The molecular weight excluding hydrogens is 208 g/mol. The molecule has 0 heterocycles. The van der Waals surface area contributed by atoms with Crippen molar-refractivity contribution in [3.63, 3.8) is 0 Å². The Labute approximate surface area is 95.6 Å². The number of carbonyl (C=O) groups excluding carboxylic acids is 1. The van der Waals surface area contributed by atoms with Gasteiger partial charge in [0.2, 0.25) is 0 Å². The smallest absolute Gasteiger partial charge is 0.315 e. The Morgan fingerprint density at radius 3 is 2.31 bits per heavy atom. The van der Waals surface area contributed by atoms with Crippen molar-refractivity contribution in [2.24, 2.45) is 5.92 Å². The Morgan fingerprint density at radius 1 is 1.25 bits per heavy atom. The number of carbonyl (C=O) groups is 2. The number of hydrogen-bond donors (Lipinski definition) is 3. The highest BCUT2D eigenvalue weighted by Crippen LogP contribution is 2.17. The van der Waals surface area contributed by atoms with Crippen LogP contribution in [0.5, 0.6) is 0 Å². The van der Waals surface area contributed by atoms with E-state index in [0.717, 1.165) is 25.7 Å². The topological polar surface area (TPSA) is 78.4 Å². The zero-order valence-electron chi connectivity index (χ0n) is 9.82. The maximum atomic E-state index is 11.5. The van der Waals surface area contributed by atoms with Crippen LogP contribution in [-0.4, -0.2) is 29.2 Å². The molecule has 0 aromatic rings. The van der Waals surface area contributed by atoms with Gasteiger partial charge in [-0.15, -0.1) is 0 Å². The minimum atomic E-state index is -0.895. The molecule has 5 heteroatoms. The lowest BCUT2D eigenvalue weighted by molar-refractivity contribution is -0.141. The van der Waals surface area contributed by atoms with Crippen LogP contribution < -0.4 is 10.6 Å². The summed E-state index contributed by atoms with van der Waals surface area (Å²) in [5.74, 6) is -1.47. The van der Waals surface area contributed by atoms with Crippen LogP contribution in [0.4, 0.5) is 4.79 Å². The number of carboxylic acid groups (broad SMARTS) is 1. The Kier molecular flexibility index (Phi) is 4.58. The van der Waals surface area contributed by atoms with Crippen LogP contribution in [0, 0.1) is 5.92 Å². The molecule has 1 rings (SSSR count). The first-order valence-corrected chi connectivity index (χ1v) is 5.80. The molecule has 2 amide bonds. The molecule has 0 aromatic heterocycles. The lowest BCUT2D eigenvalue weighted by atomic mass is 10.0. The largest absolute Gasteiger partial charge is 0.481 e. The second-order valence-corrected chi connectivity index (χ2v) is 4.51. The third-order valence-electron chi connectivity index (χ3n) is 3.19. The van der Waals surface area contributed by atoms with E-state index in [1.807, 2.05) is 0 Å². The van der Waals surface area contributed by atoms with Gasteiger partial charge in [0.1, 0.15) is 0 Å². The number of amides is 2. The second-order valence-electron chi connectivity index (χ2n) is 4.51. The Hall–Kier alpha value is -1.26. The van der Waals surface area contributed by atoms with Crippen molar-refractivity contribution in [3.8, 4) is 0 Å². The van der Waals surface area contributed by atoms with Gasteiger partial charge >= 0.3 is 12.0 Å². The molecule has 1 aliphatic carbocycles. The molecule has 1 fully saturated rings. The molecular formula is C11H20N2O3. The average molecular weight is 228 g/mol. The molecule has 0 aliphatic heterocycles. The Bertz CT molecular complexity index is 262. The minimum Gasteiger partial charge on any atom is -0.481 e. The molecule has 0 spiro atoms. The van der Waals surface area contributed by atoms with Crippen molar-refractivity contribution in [2.45, 2.75) is 51.6 Å². The molecule has 2 atom stereocenters. The van der Waals surface area contributed by atoms with Gasteiger partial charge in [-0.1, -0.05) is 12.8 Å². The SMILES string of the molecule is CC(NC(=O)NC1CCCC1)C(C)C(=O)O. The normalized spacial score (nSPS) is 20.1. The molecule has 5 nitrogen and oxygen atoms in total. The van der Waals surface area contributed by atoms with Crippen LogP contribution in [0.1, 0.15) is 39.5 Å². The van der Waals surface area contributed by atoms with Crippen LogP contribution in [0.3, 0.4) is 0 Å². The first-order valence-electron chi connectivity index (χ1n) is 5.80. The summed E-state index contributed by atoms with van der Waals surface area (Å²) in [4.78, 5) is 22.2. The van der Waals surface area contributed by atoms with Gasteiger partial charge in [0, 0.05) is 12.1 Å². The lowest BCUT2D eigenvalue weighted by Gasteiger charge is -2.20. The monoisotopic (exact) mass is 228 g/mol. The molecule has 1 aliphatic rings. The van der Waals surface area contributed by atoms with Crippen LogP contribution in [-0.2, 0) is 4.79 Å². The van der Waals surface area contributed by atoms with Crippen LogP contribution in [0.15, 0.2) is 0 Å². The van der Waals surface area contributed by atoms with E-state index in [9.17, 15) is 9.59 Å². The summed E-state index contributed by atoms with van der Waals surface area (Å²) in [7, 11) is 0. The fourth-order valence-electron chi connectivity index (χ4n) is 1.84. The predicted octanol–water partition coefficient (Wildman–Crippen LogP) is 1.34. The highest BCUT2D eigenvalue weighted by Gasteiger charge is 2.22. The maximum Gasteiger partial charge on any atom is 0.315 e. The lowest BCUT2D eigenvalue weighted by Crippen LogP contribution is -2.47. The molecule has 0 radical (unpaired) electrons. The Morgan fingerprint density at radius 2 is 1.81 bits per heavy atom. The van der Waals surface area contributed by atoms with E-state index in [-0.39, 0.29) is 18.1 Å². The molecule has 16 heavy (non-hydrogen) atoms. The average Bonchev–Trinajstić information content (AvgIpc) is 2.68. The number of urea groups is 1. The summed E-state index contributed by atoms with van der Waals surface area (Å²) in [5, 5.41) is 14.3. The maximum absolute atomic E-state index is 11.5. The van der Waals surface area contributed by atoms with E-state index in [1.54, 1.807) is 13.8 Å². The van der Waals surface area contributed by atoms with E-state index in [1.165, 1.54) is 0 Å². The second kappa shape index (κ2) is 5.72. The van der Waals surface area contributed by atoms with Gasteiger partial charge < -0.3 is 15.7 Å². The summed E-state index contributed by atoms with van der Waals surface area (Å²) in [6.07, 6.45) is 4.37. The van der Waals surface area contributed by atoms with Gasteiger partial charge in [-0.3, -0.25) is 4.79 Å². The zero-order chi connectivity index (χ0) is 12.1. The highest BCUT2D eigenvalue weighted by atomic mass is 16.4. The van der Waals surface area contributed by atoms with Crippen molar-refractivity contribution in [1.82, 2.24) is 10.6 Å². The van der Waals surface area contributed by atoms with Gasteiger partial charge in [0.25, 0.3) is 0 Å². The highest BCUT2D eigenvalue weighted by molar-refractivity contribution is 5.76. The molecule has 0 saturated heterocycles. The van der Waals surface area contributed by atoms with Gasteiger partial charge in [-0.2, -0.15) is 0 Å². The molecule has 1 saturated carbocycles. The summed E-state index contributed by atoms with van der Waals surface area (Å²) in [6, 6.07) is -0.362. The van der Waals surface area contributed by atoms with Crippen molar-refractivity contribution in [2.75, 3.05) is 0 Å². The van der Waals surface area contributed by atoms with Crippen LogP contribution in [0.2, 0.25) is 0 Å². The number of hydrogen-bond acceptors (Lipinski definition) is 2. The van der Waals surface area contributed by atoms with Crippen LogP contribution >= 0.6 is 0 Å². The third-order valence-corrected chi connectivity index (χ3v) is 3.19. The first-order chi connectivity index (χ1) is 7.50. The standard InChI is InChI=1S/C11H20N2O3/c1-7(10(14)15)8(2)12-11(16)13-9-5-3-4-6-9/h7-9H,3-6H2,1-2H3,(H,14,15)(H2,12,13,16). The van der Waals surface area contributed by atoms with Crippen molar-refractivity contribution in [3.05, 3.63) is 0 Å². The number of aliphatic carboxylic acids is 1. The zero-order valence-corrected chi connectivity index (χ0v) is 9.82. The van der Waals surface area contributed by atoms with Gasteiger partial charge in [0.05, 0.1) is 5.92 Å². The molecule has 0 bridgehead atoms. The molecule has 92 valence electrons. The van der Waals surface area contributed by atoms with E-state index < -0.39 is 11.9 Å². The van der Waals surface area contributed by atoms with Gasteiger partial charge in [0.15, 0.2) is 0 Å². The number of rotatable bonds is 4. The molecule has 3 N–H and O–H groups in total. The molecule has 2 unspecified atom stereocenters. The first kappa shape index (κ1) is 12.8. The van der Waals surface area contributed by atoms with Gasteiger partial charge in [-0.05, 0) is 26.7 Å². The quantitative estimate of drug-likeness (QED) is 0.679. The number of nitrogens with one attached hydrogen (secondary N) is 2.